The van der Waals surface area contributed by atoms with Gasteiger partial charge in [-0.25, -0.2) is 4.98 Å². The molecule has 2 aromatic heterocycles. The van der Waals surface area contributed by atoms with E-state index in [0.29, 0.717) is 12.2 Å². The summed E-state index contributed by atoms with van der Waals surface area (Å²) in [6.07, 6.45) is 7.32. The number of aromatic nitrogens is 3. The lowest BCUT2D eigenvalue weighted by Gasteiger charge is -2.34. The molecular weight excluding hydrogens is 406 g/mol. The topological polar surface area (TPSA) is 109 Å². The highest BCUT2D eigenvalue weighted by atomic mass is 16.2. The molecule has 9 heteroatoms. The normalized spacial score (nSPS) is 22.1. The van der Waals surface area contributed by atoms with Gasteiger partial charge in [-0.3, -0.25) is 14.3 Å². The number of nitrogens with one attached hydrogen (secondary N) is 1. The molecule has 4 heterocycles. The minimum Gasteiger partial charge on any atom is -0.382 e. The van der Waals surface area contributed by atoms with Gasteiger partial charge in [0.15, 0.2) is 0 Å². The van der Waals surface area contributed by atoms with Gasteiger partial charge in [-0.1, -0.05) is 0 Å². The van der Waals surface area contributed by atoms with Gasteiger partial charge in [0.05, 0.1) is 11.6 Å². The number of nitrogen functional groups attached to an aromatic ring is 1. The number of pyridine rings is 1. The van der Waals surface area contributed by atoms with E-state index in [9.17, 15) is 9.59 Å². The number of carbonyl (C=O) groups is 2. The van der Waals surface area contributed by atoms with E-state index in [-0.39, 0.29) is 23.6 Å². The Hall–Kier alpha value is -3.10. The number of rotatable bonds is 5. The zero-order valence-corrected chi connectivity index (χ0v) is 18.6. The van der Waals surface area contributed by atoms with Crippen LogP contribution in [-0.2, 0) is 15.1 Å². The highest BCUT2D eigenvalue weighted by Gasteiger charge is 2.53. The first-order chi connectivity index (χ1) is 15.5. The van der Waals surface area contributed by atoms with E-state index in [2.05, 4.69) is 20.3 Å². The molecule has 0 aromatic carbocycles. The van der Waals surface area contributed by atoms with Crippen molar-refractivity contribution in [3.05, 3.63) is 30.1 Å². The van der Waals surface area contributed by atoms with Crippen LogP contribution in [0, 0.1) is 12.8 Å². The maximum atomic E-state index is 13.0. The molecule has 1 aliphatic carbocycles. The molecule has 1 atom stereocenters. The van der Waals surface area contributed by atoms with Crippen LogP contribution in [0.2, 0.25) is 0 Å². The van der Waals surface area contributed by atoms with Crippen molar-refractivity contribution in [3.8, 4) is 0 Å². The summed E-state index contributed by atoms with van der Waals surface area (Å²) >= 11 is 0. The lowest BCUT2D eigenvalue weighted by atomic mass is 9.96. The second-order valence-corrected chi connectivity index (χ2v) is 9.29. The molecule has 0 spiro atoms. The first-order valence-electron chi connectivity index (χ1n) is 11.6. The van der Waals surface area contributed by atoms with Crippen LogP contribution in [-0.4, -0.2) is 57.7 Å². The summed E-state index contributed by atoms with van der Waals surface area (Å²) < 4.78 is 1.80. The molecule has 3 aliphatic rings. The Morgan fingerprint density at radius 2 is 1.91 bits per heavy atom. The first kappa shape index (κ1) is 20.8. The van der Waals surface area contributed by atoms with Crippen molar-refractivity contribution in [2.24, 2.45) is 5.92 Å². The molecule has 1 saturated carbocycles. The Bertz CT molecular complexity index is 1020. The maximum Gasteiger partial charge on any atom is 0.252 e. The zero-order valence-electron chi connectivity index (χ0n) is 18.6. The van der Waals surface area contributed by atoms with Gasteiger partial charge >= 0.3 is 0 Å². The second-order valence-electron chi connectivity index (χ2n) is 9.29. The number of nitrogens with zero attached hydrogens (tertiary/aromatic N) is 5. The van der Waals surface area contributed by atoms with Gasteiger partial charge in [-0.05, 0) is 63.6 Å². The highest BCUT2D eigenvalue weighted by molar-refractivity contribution is 6.00. The monoisotopic (exact) mass is 437 g/mol. The SMILES string of the molecule is Cc1ccnn1C1(C(=O)Nc2ccc(N3CCC[C@@H](C(=O)N4CCCC4)C3)nc2N)CC1. The molecule has 3 fully saturated rings. The number of amides is 2. The van der Waals surface area contributed by atoms with Crippen LogP contribution >= 0.6 is 0 Å². The Morgan fingerprint density at radius 1 is 1.12 bits per heavy atom. The summed E-state index contributed by atoms with van der Waals surface area (Å²) in [6.45, 7) is 5.23. The van der Waals surface area contributed by atoms with E-state index < -0.39 is 5.54 Å². The van der Waals surface area contributed by atoms with E-state index in [1.165, 1.54) is 0 Å². The van der Waals surface area contributed by atoms with Gasteiger partial charge in [-0.2, -0.15) is 5.10 Å². The van der Waals surface area contributed by atoms with Gasteiger partial charge in [0.1, 0.15) is 17.2 Å². The summed E-state index contributed by atoms with van der Waals surface area (Å²) in [6, 6.07) is 5.60. The zero-order chi connectivity index (χ0) is 22.3. The van der Waals surface area contributed by atoms with Crippen molar-refractivity contribution >= 4 is 29.1 Å². The van der Waals surface area contributed by atoms with Crippen LogP contribution in [0.5, 0.6) is 0 Å². The Morgan fingerprint density at radius 3 is 2.56 bits per heavy atom. The number of likely N-dealkylation sites (tertiary alicyclic amines) is 1. The largest absolute Gasteiger partial charge is 0.382 e. The van der Waals surface area contributed by atoms with Crippen LogP contribution in [0.4, 0.5) is 17.3 Å². The summed E-state index contributed by atoms with van der Waals surface area (Å²) in [7, 11) is 0. The highest BCUT2D eigenvalue weighted by Crippen LogP contribution is 2.45. The van der Waals surface area contributed by atoms with Crippen molar-refractivity contribution in [1.82, 2.24) is 19.7 Å². The molecule has 2 aromatic rings. The molecule has 2 saturated heterocycles. The molecule has 170 valence electrons. The lowest BCUT2D eigenvalue weighted by molar-refractivity contribution is -0.134. The summed E-state index contributed by atoms with van der Waals surface area (Å²) in [4.78, 5) is 34.6. The minimum absolute atomic E-state index is 0.0105. The lowest BCUT2D eigenvalue weighted by Crippen LogP contribution is -2.44. The predicted molar refractivity (Wildman–Crippen MR) is 122 cm³/mol. The number of hydrogen-bond acceptors (Lipinski definition) is 6. The Balaban J connectivity index is 1.27. The number of hydrogen-bond donors (Lipinski definition) is 2. The molecule has 0 unspecified atom stereocenters. The van der Waals surface area contributed by atoms with Crippen molar-refractivity contribution < 1.29 is 9.59 Å². The predicted octanol–water partition coefficient (Wildman–Crippen LogP) is 2.14. The van der Waals surface area contributed by atoms with Gasteiger partial charge in [-0.15, -0.1) is 0 Å². The minimum atomic E-state index is -0.630. The van der Waals surface area contributed by atoms with Crippen molar-refractivity contribution in [2.45, 2.75) is 51.0 Å². The van der Waals surface area contributed by atoms with E-state index >= 15 is 0 Å². The summed E-state index contributed by atoms with van der Waals surface area (Å²) in [5.41, 5.74) is 7.07. The van der Waals surface area contributed by atoms with Crippen LogP contribution in [0.1, 0.15) is 44.2 Å². The number of piperidine rings is 1. The third-order valence-corrected chi connectivity index (χ3v) is 7.05. The third-order valence-electron chi connectivity index (χ3n) is 7.05. The van der Waals surface area contributed by atoms with Crippen LogP contribution < -0.4 is 16.0 Å². The van der Waals surface area contributed by atoms with E-state index in [1.54, 1.807) is 10.9 Å². The quantitative estimate of drug-likeness (QED) is 0.742. The average Bonchev–Trinajstić information content (AvgIpc) is 3.19. The molecule has 3 N–H and O–H groups in total. The summed E-state index contributed by atoms with van der Waals surface area (Å²) in [5.74, 6) is 1.21. The van der Waals surface area contributed by atoms with Gasteiger partial charge in [0.25, 0.3) is 5.91 Å². The fraction of sp³-hybridized carbons (Fsp3) is 0.565. The van der Waals surface area contributed by atoms with E-state index in [0.717, 1.165) is 69.7 Å². The molecule has 32 heavy (non-hydrogen) atoms. The van der Waals surface area contributed by atoms with Crippen LogP contribution in [0.15, 0.2) is 24.4 Å². The van der Waals surface area contributed by atoms with Crippen molar-refractivity contribution in [3.63, 3.8) is 0 Å². The average molecular weight is 438 g/mol. The van der Waals surface area contributed by atoms with Gasteiger partial charge in [0.2, 0.25) is 5.91 Å². The number of aryl methyl sites for hydroxylation is 1. The molecule has 0 bridgehead atoms. The molecule has 9 nitrogen and oxygen atoms in total. The number of nitrogens with two attached hydrogens (primary N) is 1. The van der Waals surface area contributed by atoms with Crippen molar-refractivity contribution in [1.29, 1.82) is 0 Å². The number of carbonyl (C=O) groups excluding carboxylic acids is 2. The summed E-state index contributed by atoms with van der Waals surface area (Å²) in [5, 5.41) is 7.29. The number of anilines is 3. The second kappa shape index (κ2) is 8.11. The van der Waals surface area contributed by atoms with Crippen LogP contribution in [0.3, 0.4) is 0 Å². The first-order valence-corrected chi connectivity index (χ1v) is 11.6. The fourth-order valence-corrected chi connectivity index (χ4v) is 5.04. The Labute approximate surface area is 188 Å². The third kappa shape index (κ3) is 3.69. The Kier molecular flexibility index (Phi) is 5.27. The van der Waals surface area contributed by atoms with Crippen LogP contribution in [0.25, 0.3) is 0 Å². The molecule has 5 rings (SSSR count). The molecule has 0 radical (unpaired) electrons. The molecule has 2 aliphatic heterocycles. The van der Waals surface area contributed by atoms with E-state index in [4.69, 9.17) is 5.73 Å². The fourth-order valence-electron chi connectivity index (χ4n) is 5.04. The smallest absolute Gasteiger partial charge is 0.252 e. The maximum absolute atomic E-state index is 13.0. The van der Waals surface area contributed by atoms with Gasteiger partial charge in [0, 0.05) is 38.1 Å². The van der Waals surface area contributed by atoms with E-state index in [1.807, 2.05) is 30.0 Å². The standard InChI is InChI=1S/C23H31N7O2/c1-16-8-11-25-30(16)23(9-10-23)22(32)26-18-6-7-19(27-20(18)24)29-14-4-5-17(15-29)21(31)28-12-2-3-13-28/h6-8,11,17H,2-5,9-10,12-15H2,1H3,(H2,24,27)(H,26,32)/t17-/m1/s1. The van der Waals surface area contributed by atoms with Crippen molar-refractivity contribution in [2.75, 3.05) is 42.1 Å². The van der Waals surface area contributed by atoms with Gasteiger partial charge < -0.3 is 20.9 Å². The molecular formula is C23H31N7O2. The molecule has 2 amide bonds.